The molecule has 8 aromatic rings. The molecule has 0 radical (unpaired) electrons. The lowest BCUT2D eigenvalue weighted by Crippen LogP contribution is -2.34. The SMILES string of the molecule is c1ccc(-c2nc(-c3ccccc3)nc(-c3ccc(-c4cccc5c4Oc4ccccc4C5(c4ccccc4)c4ccccc4)cc3)n2)cc1. The molecule has 236 valence electrons. The maximum absolute atomic E-state index is 6.87. The van der Waals surface area contributed by atoms with Crippen LogP contribution in [0, 0.1) is 0 Å². The van der Waals surface area contributed by atoms with E-state index in [0.717, 1.165) is 50.4 Å². The van der Waals surface area contributed by atoms with Crippen LogP contribution in [0.2, 0.25) is 0 Å². The lowest BCUT2D eigenvalue weighted by Gasteiger charge is -2.42. The molecule has 0 N–H and O–H groups in total. The van der Waals surface area contributed by atoms with E-state index in [1.165, 1.54) is 11.1 Å². The first kappa shape index (κ1) is 29.5. The number of rotatable bonds is 6. The summed E-state index contributed by atoms with van der Waals surface area (Å²) in [6, 6.07) is 65.0. The summed E-state index contributed by atoms with van der Waals surface area (Å²) >= 11 is 0. The van der Waals surface area contributed by atoms with Gasteiger partial charge in [-0.15, -0.1) is 0 Å². The number of nitrogens with zero attached hydrogens (tertiary/aromatic N) is 3. The smallest absolute Gasteiger partial charge is 0.164 e. The first-order valence-electron chi connectivity index (χ1n) is 16.8. The minimum Gasteiger partial charge on any atom is -0.456 e. The van der Waals surface area contributed by atoms with Gasteiger partial charge in [0, 0.05) is 33.4 Å². The average Bonchev–Trinajstić information content (AvgIpc) is 3.21. The Hall–Kier alpha value is -6.65. The zero-order valence-electron chi connectivity index (χ0n) is 27.1. The Bertz CT molecular complexity index is 2330. The summed E-state index contributed by atoms with van der Waals surface area (Å²) in [5, 5.41) is 0. The maximum atomic E-state index is 6.87. The Morgan fingerprint density at radius 1 is 0.340 bits per heavy atom. The normalized spacial score (nSPS) is 12.7. The Morgan fingerprint density at radius 3 is 1.30 bits per heavy atom. The molecular weight excluding hydrogens is 611 g/mol. The Morgan fingerprint density at radius 2 is 0.760 bits per heavy atom. The van der Waals surface area contributed by atoms with Crippen LogP contribution in [0.5, 0.6) is 11.5 Å². The van der Waals surface area contributed by atoms with Gasteiger partial charge < -0.3 is 4.74 Å². The molecule has 0 saturated heterocycles. The summed E-state index contributed by atoms with van der Waals surface area (Å²) in [5.74, 6) is 3.60. The zero-order chi connectivity index (χ0) is 33.3. The highest BCUT2D eigenvalue weighted by atomic mass is 16.5. The number of fused-ring (bicyclic) bond motifs is 2. The van der Waals surface area contributed by atoms with E-state index in [-0.39, 0.29) is 0 Å². The van der Waals surface area contributed by atoms with Crippen molar-refractivity contribution >= 4 is 0 Å². The average molecular weight is 642 g/mol. The number of aromatic nitrogens is 3. The van der Waals surface area contributed by atoms with Gasteiger partial charge in [0.15, 0.2) is 17.5 Å². The zero-order valence-corrected chi connectivity index (χ0v) is 27.1. The van der Waals surface area contributed by atoms with Crippen molar-refractivity contribution < 1.29 is 4.74 Å². The Kier molecular flexibility index (Phi) is 7.33. The fourth-order valence-electron chi connectivity index (χ4n) is 7.19. The number of benzene rings is 7. The molecule has 0 atom stereocenters. The molecule has 50 heavy (non-hydrogen) atoms. The van der Waals surface area contributed by atoms with E-state index in [1.807, 2.05) is 66.7 Å². The quantitative estimate of drug-likeness (QED) is 0.181. The van der Waals surface area contributed by atoms with Crippen LogP contribution in [0.25, 0.3) is 45.3 Å². The number of hydrogen-bond donors (Lipinski definition) is 0. The van der Waals surface area contributed by atoms with Crippen molar-refractivity contribution in [2.75, 3.05) is 0 Å². The topological polar surface area (TPSA) is 47.9 Å². The van der Waals surface area contributed by atoms with Crippen molar-refractivity contribution in [2.24, 2.45) is 0 Å². The van der Waals surface area contributed by atoms with Gasteiger partial charge in [-0.25, -0.2) is 15.0 Å². The third kappa shape index (κ3) is 4.97. The molecular formula is C46H31N3O. The highest BCUT2D eigenvalue weighted by molar-refractivity contribution is 5.80. The van der Waals surface area contributed by atoms with Crippen LogP contribution in [0.4, 0.5) is 0 Å². The second kappa shape index (κ2) is 12.4. The van der Waals surface area contributed by atoms with E-state index < -0.39 is 5.41 Å². The molecule has 0 amide bonds. The van der Waals surface area contributed by atoms with Gasteiger partial charge in [-0.2, -0.15) is 0 Å². The molecule has 9 rings (SSSR count). The summed E-state index contributed by atoms with van der Waals surface area (Å²) < 4.78 is 6.87. The molecule has 0 fully saturated rings. The van der Waals surface area contributed by atoms with E-state index in [1.54, 1.807) is 0 Å². The summed E-state index contributed by atoms with van der Waals surface area (Å²) in [5.41, 5.74) is 8.88. The van der Waals surface area contributed by atoms with Crippen LogP contribution >= 0.6 is 0 Å². The largest absolute Gasteiger partial charge is 0.456 e. The predicted octanol–water partition coefficient (Wildman–Crippen LogP) is 11.0. The van der Waals surface area contributed by atoms with Crippen molar-refractivity contribution in [1.29, 1.82) is 0 Å². The van der Waals surface area contributed by atoms with Gasteiger partial charge in [0.2, 0.25) is 0 Å². The Labute approximate surface area is 291 Å². The van der Waals surface area contributed by atoms with Crippen LogP contribution in [0.1, 0.15) is 22.3 Å². The van der Waals surface area contributed by atoms with Crippen molar-refractivity contribution in [2.45, 2.75) is 5.41 Å². The molecule has 1 aliphatic heterocycles. The van der Waals surface area contributed by atoms with Gasteiger partial charge in [-0.3, -0.25) is 0 Å². The van der Waals surface area contributed by atoms with E-state index >= 15 is 0 Å². The second-order valence-electron chi connectivity index (χ2n) is 12.4. The monoisotopic (exact) mass is 641 g/mol. The summed E-state index contributed by atoms with van der Waals surface area (Å²) in [6.45, 7) is 0. The van der Waals surface area contributed by atoms with E-state index in [2.05, 4.69) is 121 Å². The fraction of sp³-hybridized carbons (Fsp3) is 0.0217. The molecule has 1 aromatic heterocycles. The van der Waals surface area contributed by atoms with Crippen LogP contribution in [-0.2, 0) is 5.41 Å². The minimum atomic E-state index is -0.574. The van der Waals surface area contributed by atoms with Gasteiger partial charge in [-0.05, 0) is 22.8 Å². The summed E-state index contributed by atoms with van der Waals surface area (Å²) in [4.78, 5) is 14.7. The van der Waals surface area contributed by atoms with E-state index in [4.69, 9.17) is 19.7 Å². The van der Waals surface area contributed by atoms with Crippen LogP contribution in [0.15, 0.2) is 188 Å². The number of para-hydroxylation sites is 2. The van der Waals surface area contributed by atoms with Crippen LogP contribution < -0.4 is 4.74 Å². The van der Waals surface area contributed by atoms with E-state index in [9.17, 15) is 0 Å². The predicted molar refractivity (Wildman–Crippen MR) is 200 cm³/mol. The lowest BCUT2D eigenvalue weighted by atomic mass is 9.63. The number of hydrogen-bond acceptors (Lipinski definition) is 4. The Balaban J connectivity index is 1.19. The van der Waals surface area contributed by atoms with Crippen LogP contribution in [0.3, 0.4) is 0 Å². The molecule has 7 aromatic carbocycles. The molecule has 0 saturated carbocycles. The lowest BCUT2D eigenvalue weighted by molar-refractivity contribution is 0.436. The van der Waals surface area contributed by atoms with Gasteiger partial charge in [0.05, 0.1) is 5.41 Å². The van der Waals surface area contributed by atoms with Gasteiger partial charge >= 0.3 is 0 Å². The summed E-state index contributed by atoms with van der Waals surface area (Å²) in [6.07, 6.45) is 0. The molecule has 0 bridgehead atoms. The third-order valence-corrected chi connectivity index (χ3v) is 9.49. The first-order valence-corrected chi connectivity index (χ1v) is 16.8. The first-order chi connectivity index (χ1) is 24.8. The van der Waals surface area contributed by atoms with Crippen molar-refractivity contribution in [3.05, 3.63) is 210 Å². The number of ether oxygens (including phenoxy) is 1. The molecule has 4 nitrogen and oxygen atoms in total. The van der Waals surface area contributed by atoms with Gasteiger partial charge in [0.1, 0.15) is 11.5 Å². The van der Waals surface area contributed by atoms with Gasteiger partial charge in [-0.1, -0.05) is 182 Å². The van der Waals surface area contributed by atoms with Crippen LogP contribution in [-0.4, -0.2) is 15.0 Å². The molecule has 2 heterocycles. The van der Waals surface area contributed by atoms with Crippen molar-refractivity contribution in [3.63, 3.8) is 0 Å². The standard InChI is InChI=1S/C46H31N3O/c1-5-16-33(17-6-1)43-47-44(34-18-7-2-8-19-34)49-45(48-43)35-30-28-32(29-31-35)38-24-15-26-40-42(38)50-41-27-14-13-25-39(41)46(40,36-20-9-3-10-21-36)37-22-11-4-12-23-37/h1-31H. The fourth-order valence-corrected chi connectivity index (χ4v) is 7.19. The van der Waals surface area contributed by atoms with Crippen molar-refractivity contribution in [3.8, 4) is 56.8 Å². The third-order valence-electron chi connectivity index (χ3n) is 9.49. The molecule has 0 aliphatic carbocycles. The van der Waals surface area contributed by atoms with Crippen molar-refractivity contribution in [1.82, 2.24) is 15.0 Å². The maximum Gasteiger partial charge on any atom is 0.164 e. The molecule has 0 spiro atoms. The molecule has 1 aliphatic rings. The minimum absolute atomic E-state index is 0.574. The van der Waals surface area contributed by atoms with Gasteiger partial charge in [0.25, 0.3) is 0 Å². The molecule has 0 unspecified atom stereocenters. The second-order valence-corrected chi connectivity index (χ2v) is 12.4. The highest BCUT2D eigenvalue weighted by Crippen LogP contribution is 2.57. The highest BCUT2D eigenvalue weighted by Gasteiger charge is 2.45. The molecule has 4 heteroatoms. The van der Waals surface area contributed by atoms with E-state index in [0.29, 0.717) is 17.5 Å². The summed E-state index contributed by atoms with van der Waals surface area (Å²) in [7, 11) is 0.